The number of nitrogens with one attached hydrogen (secondary N) is 2. The van der Waals surface area contributed by atoms with Gasteiger partial charge in [0.05, 0.1) is 19.1 Å². The zero-order chi connectivity index (χ0) is 16.2. The van der Waals surface area contributed by atoms with Gasteiger partial charge in [-0.3, -0.25) is 9.59 Å². The summed E-state index contributed by atoms with van der Waals surface area (Å²) in [7, 11) is 0. The van der Waals surface area contributed by atoms with Crippen molar-refractivity contribution in [3.8, 4) is 11.5 Å². The number of rotatable bonds is 6. The number of benzene rings is 1. The van der Waals surface area contributed by atoms with Gasteiger partial charge in [0.25, 0.3) is 0 Å². The van der Waals surface area contributed by atoms with Crippen molar-refractivity contribution in [1.82, 2.24) is 10.6 Å². The van der Waals surface area contributed by atoms with Crippen molar-refractivity contribution in [2.75, 3.05) is 26.3 Å². The van der Waals surface area contributed by atoms with Gasteiger partial charge in [0, 0.05) is 0 Å². The van der Waals surface area contributed by atoms with Crippen LogP contribution >= 0.6 is 0 Å². The van der Waals surface area contributed by atoms with Crippen LogP contribution in [0.25, 0.3) is 0 Å². The molecule has 2 aliphatic rings. The van der Waals surface area contributed by atoms with Crippen LogP contribution in [0.5, 0.6) is 11.5 Å². The third-order valence-corrected chi connectivity index (χ3v) is 3.97. The summed E-state index contributed by atoms with van der Waals surface area (Å²) in [5.41, 5.74) is 6.20. The van der Waals surface area contributed by atoms with E-state index in [1.807, 2.05) is 18.2 Å². The Kier molecular flexibility index (Phi) is 4.66. The summed E-state index contributed by atoms with van der Waals surface area (Å²) in [6, 6.07) is 5.68. The lowest BCUT2D eigenvalue weighted by atomic mass is 10.0. The monoisotopic (exact) mass is 319 g/mol. The molecule has 1 atom stereocenters. The molecular formula is C16H21N3O4. The van der Waals surface area contributed by atoms with Crippen LogP contribution in [-0.2, 0) is 9.59 Å². The maximum Gasteiger partial charge on any atom is 0.239 e. The highest BCUT2D eigenvalue weighted by atomic mass is 16.6. The van der Waals surface area contributed by atoms with Crippen LogP contribution < -0.4 is 25.8 Å². The zero-order valence-corrected chi connectivity index (χ0v) is 12.8. The molecule has 1 unspecified atom stereocenters. The number of amides is 2. The smallest absolute Gasteiger partial charge is 0.239 e. The van der Waals surface area contributed by atoms with Gasteiger partial charge in [-0.1, -0.05) is 6.07 Å². The predicted molar refractivity (Wildman–Crippen MR) is 83.1 cm³/mol. The Hall–Kier alpha value is -2.28. The Balaban J connectivity index is 1.67. The minimum atomic E-state index is -0.345. The molecule has 1 saturated carbocycles. The van der Waals surface area contributed by atoms with Gasteiger partial charge < -0.3 is 25.8 Å². The van der Waals surface area contributed by atoms with E-state index < -0.39 is 0 Å². The molecule has 23 heavy (non-hydrogen) atoms. The van der Waals surface area contributed by atoms with Gasteiger partial charge in [0.15, 0.2) is 11.5 Å². The summed E-state index contributed by atoms with van der Waals surface area (Å²) in [5, 5.41) is 5.47. The van der Waals surface area contributed by atoms with Gasteiger partial charge >= 0.3 is 0 Å². The average molecular weight is 319 g/mol. The fourth-order valence-corrected chi connectivity index (χ4v) is 2.63. The summed E-state index contributed by atoms with van der Waals surface area (Å²) in [6.45, 7) is 0.892. The molecule has 1 aromatic rings. The molecule has 1 aromatic carbocycles. The predicted octanol–water partition coefficient (Wildman–Crippen LogP) is 0.1000. The van der Waals surface area contributed by atoms with Crippen molar-refractivity contribution in [3.05, 3.63) is 23.8 Å². The second-order valence-electron chi connectivity index (χ2n) is 5.77. The van der Waals surface area contributed by atoms with Gasteiger partial charge in [0.1, 0.15) is 13.2 Å². The molecule has 1 heterocycles. The van der Waals surface area contributed by atoms with Gasteiger partial charge in [-0.2, -0.15) is 0 Å². The lowest BCUT2D eigenvalue weighted by molar-refractivity contribution is -0.125. The molecule has 124 valence electrons. The number of nitrogens with two attached hydrogens (primary N) is 1. The summed E-state index contributed by atoms with van der Waals surface area (Å²) >= 11 is 0. The fraction of sp³-hybridized carbons (Fsp3) is 0.500. The van der Waals surface area contributed by atoms with Crippen molar-refractivity contribution in [2.45, 2.75) is 18.9 Å². The quantitative estimate of drug-likeness (QED) is 0.690. The Morgan fingerprint density at radius 1 is 1.17 bits per heavy atom. The van der Waals surface area contributed by atoms with E-state index >= 15 is 0 Å². The number of fused-ring (bicyclic) bond motifs is 1. The van der Waals surface area contributed by atoms with E-state index in [1.165, 1.54) is 0 Å². The van der Waals surface area contributed by atoms with E-state index in [-0.39, 0.29) is 30.9 Å². The molecule has 0 radical (unpaired) electrons. The first-order valence-electron chi connectivity index (χ1n) is 7.83. The summed E-state index contributed by atoms with van der Waals surface area (Å²) in [4.78, 5) is 23.2. The molecule has 4 N–H and O–H groups in total. The SMILES string of the molecule is NCC(=O)NCC(=O)NC(c1ccc2c(c1)OCCO2)C1CC1. The normalized spacial score (nSPS) is 17.3. The van der Waals surface area contributed by atoms with Crippen molar-refractivity contribution in [3.63, 3.8) is 0 Å². The molecule has 7 heteroatoms. The van der Waals surface area contributed by atoms with Crippen LogP contribution in [0.3, 0.4) is 0 Å². The molecule has 1 fully saturated rings. The van der Waals surface area contributed by atoms with E-state index in [9.17, 15) is 9.59 Å². The van der Waals surface area contributed by atoms with E-state index in [0.29, 0.717) is 24.9 Å². The molecular weight excluding hydrogens is 298 g/mol. The van der Waals surface area contributed by atoms with Gasteiger partial charge in [0.2, 0.25) is 11.8 Å². The van der Waals surface area contributed by atoms with Crippen molar-refractivity contribution >= 4 is 11.8 Å². The van der Waals surface area contributed by atoms with E-state index in [0.717, 1.165) is 24.2 Å². The number of ether oxygens (including phenoxy) is 2. The minimum Gasteiger partial charge on any atom is -0.486 e. The second kappa shape index (κ2) is 6.87. The molecule has 3 rings (SSSR count). The Bertz CT molecular complexity index is 601. The van der Waals surface area contributed by atoms with Gasteiger partial charge in [-0.25, -0.2) is 0 Å². The molecule has 7 nitrogen and oxygen atoms in total. The highest BCUT2D eigenvalue weighted by Gasteiger charge is 2.34. The molecule has 0 bridgehead atoms. The molecule has 1 aliphatic heterocycles. The first kappa shape index (κ1) is 15.6. The van der Waals surface area contributed by atoms with Crippen LogP contribution in [0.1, 0.15) is 24.4 Å². The largest absolute Gasteiger partial charge is 0.486 e. The summed E-state index contributed by atoms with van der Waals surface area (Å²) in [5.74, 6) is 1.30. The second-order valence-corrected chi connectivity index (χ2v) is 5.77. The third-order valence-electron chi connectivity index (χ3n) is 3.97. The summed E-state index contributed by atoms with van der Waals surface area (Å²) in [6.07, 6.45) is 2.16. The molecule has 1 aliphatic carbocycles. The highest BCUT2D eigenvalue weighted by molar-refractivity contribution is 5.85. The molecule has 0 saturated heterocycles. The molecule has 0 spiro atoms. The van der Waals surface area contributed by atoms with Crippen LogP contribution in [-0.4, -0.2) is 38.1 Å². The van der Waals surface area contributed by atoms with Crippen molar-refractivity contribution in [2.24, 2.45) is 11.7 Å². The van der Waals surface area contributed by atoms with Crippen LogP contribution in [0, 0.1) is 5.92 Å². The van der Waals surface area contributed by atoms with Crippen molar-refractivity contribution < 1.29 is 19.1 Å². The Labute approximate surface area is 134 Å². The maximum atomic E-state index is 12.0. The Morgan fingerprint density at radius 3 is 2.61 bits per heavy atom. The van der Waals surface area contributed by atoms with Gasteiger partial charge in [-0.05, 0) is 36.5 Å². The first-order valence-corrected chi connectivity index (χ1v) is 7.83. The van der Waals surface area contributed by atoms with Gasteiger partial charge in [-0.15, -0.1) is 0 Å². The maximum absolute atomic E-state index is 12.0. The van der Waals surface area contributed by atoms with E-state index in [1.54, 1.807) is 0 Å². The average Bonchev–Trinajstić information content (AvgIpc) is 3.42. The number of carbonyl (C=O) groups excluding carboxylic acids is 2. The van der Waals surface area contributed by atoms with Crippen LogP contribution in [0.4, 0.5) is 0 Å². The molecule has 0 aromatic heterocycles. The Morgan fingerprint density at radius 2 is 1.91 bits per heavy atom. The first-order chi connectivity index (χ1) is 11.2. The van der Waals surface area contributed by atoms with E-state index in [2.05, 4.69) is 10.6 Å². The highest BCUT2D eigenvalue weighted by Crippen LogP contribution is 2.43. The topological polar surface area (TPSA) is 103 Å². The van der Waals surface area contributed by atoms with Crippen LogP contribution in [0.15, 0.2) is 18.2 Å². The lowest BCUT2D eigenvalue weighted by Crippen LogP contribution is -2.41. The number of carbonyl (C=O) groups is 2. The number of hydrogen-bond donors (Lipinski definition) is 3. The molecule has 2 amide bonds. The standard InChI is InChI=1S/C16H21N3O4/c17-8-14(20)18-9-15(21)19-16(10-1-2-10)11-3-4-12-13(7-11)23-6-5-22-12/h3-4,7,10,16H,1-2,5-6,8-9,17H2,(H,18,20)(H,19,21). The zero-order valence-electron chi connectivity index (χ0n) is 12.8. The number of hydrogen-bond acceptors (Lipinski definition) is 5. The van der Waals surface area contributed by atoms with Crippen molar-refractivity contribution in [1.29, 1.82) is 0 Å². The van der Waals surface area contributed by atoms with Crippen LogP contribution in [0.2, 0.25) is 0 Å². The third kappa shape index (κ3) is 3.92. The summed E-state index contributed by atoms with van der Waals surface area (Å²) < 4.78 is 11.1. The van der Waals surface area contributed by atoms with E-state index in [4.69, 9.17) is 15.2 Å². The minimum absolute atomic E-state index is 0.0657. The fourth-order valence-electron chi connectivity index (χ4n) is 2.63. The lowest BCUT2D eigenvalue weighted by Gasteiger charge is -2.23.